The zero-order valence-electron chi connectivity index (χ0n) is 8.31. The number of carbonyl (C=O) groups excluding carboxylic acids is 1. The Morgan fingerprint density at radius 1 is 1.50 bits per heavy atom. The summed E-state index contributed by atoms with van der Waals surface area (Å²) in [5.74, 6) is -2.04. The van der Waals surface area contributed by atoms with Gasteiger partial charge in [0.05, 0.1) is 11.5 Å². The van der Waals surface area contributed by atoms with Crippen molar-refractivity contribution in [2.24, 2.45) is 0 Å². The molecule has 0 bridgehead atoms. The van der Waals surface area contributed by atoms with Gasteiger partial charge in [-0.05, 0) is 6.07 Å². The molecule has 16 heavy (non-hydrogen) atoms. The van der Waals surface area contributed by atoms with Crippen LogP contribution in [0.5, 0.6) is 0 Å². The largest absolute Gasteiger partial charge is 1.00 e. The second kappa shape index (κ2) is 4.92. The molecule has 7 heteroatoms. The summed E-state index contributed by atoms with van der Waals surface area (Å²) in [5.41, 5.74) is -0.328. The molecule has 2 rings (SSSR count). The molecule has 0 atom stereocenters. The summed E-state index contributed by atoms with van der Waals surface area (Å²) in [6, 6.07) is 2.21. The fourth-order valence-corrected chi connectivity index (χ4v) is 1.06. The molecule has 0 aliphatic heterocycles. The average Bonchev–Trinajstić information content (AvgIpc) is 2.67. The number of hydrogen-bond donors (Lipinski definition) is 0. The van der Waals surface area contributed by atoms with E-state index in [4.69, 9.17) is 0 Å². The SMILES string of the molecule is O=C([O-])c1cc(-c2cnccc2F)on1.[Li+]. The van der Waals surface area contributed by atoms with Gasteiger partial charge in [-0.2, -0.15) is 0 Å². The predicted octanol–water partition coefficient (Wildman–Crippen LogP) is -2.76. The van der Waals surface area contributed by atoms with Crippen molar-refractivity contribution in [3.8, 4) is 11.3 Å². The van der Waals surface area contributed by atoms with Crippen molar-refractivity contribution in [1.82, 2.24) is 10.1 Å². The first kappa shape index (κ1) is 12.4. The molecule has 0 fully saturated rings. The summed E-state index contributed by atoms with van der Waals surface area (Å²) >= 11 is 0. The van der Waals surface area contributed by atoms with E-state index in [1.807, 2.05) is 0 Å². The number of aromatic carboxylic acids is 1. The first-order valence-corrected chi connectivity index (χ1v) is 3.96. The number of carbonyl (C=O) groups is 1. The predicted molar refractivity (Wildman–Crippen MR) is 44.0 cm³/mol. The number of pyridine rings is 1. The standard InChI is InChI=1S/C9H5FN2O3.Li/c10-6-1-2-11-4-5(6)8-3-7(9(13)14)12-15-8;/h1-4H,(H,13,14);/q;+1/p-1. The molecule has 0 aliphatic carbocycles. The molecule has 0 saturated carbocycles. The smallest absolute Gasteiger partial charge is 0.543 e. The molecular weight excluding hydrogens is 210 g/mol. The van der Waals surface area contributed by atoms with Crippen LogP contribution in [-0.2, 0) is 0 Å². The average molecular weight is 214 g/mol. The van der Waals surface area contributed by atoms with Crippen LogP contribution in [0.3, 0.4) is 0 Å². The van der Waals surface area contributed by atoms with Crippen LogP contribution >= 0.6 is 0 Å². The van der Waals surface area contributed by atoms with E-state index in [0.717, 1.165) is 12.1 Å². The van der Waals surface area contributed by atoms with Crippen molar-refractivity contribution in [3.05, 3.63) is 36.0 Å². The van der Waals surface area contributed by atoms with Crippen LogP contribution in [-0.4, -0.2) is 16.1 Å². The molecule has 0 N–H and O–H groups in total. The number of nitrogens with zero attached hydrogens (tertiary/aromatic N) is 2. The van der Waals surface area contributed by atoms with Crippen LogP contribution in [0.15, 0.2) is 29.0 Å². The van der Waals surface area contributed by atoms with Gasteiger partial charge >= 0.3 is 18.9 Å². The first-order valence-electron chi connectivity index (χ1n) is 3.96. The van der Waals surface area contributed by atoms with Crippen LogP contribution in [0.1, 0.15) is 10.5 Å². The van der Waals surface area contributed by atoms with E-state index in [1.54, 1.807) is 0 Å². The summed E-state index contributed by atoms with van der Waals surface area (Å²) < 4.78 is 17.8. The molecule has 0 spiro atoms. The maximum Gasteiger partial charge on any atom is 1.00 e. The van der Waals surface area contributed by atoms with Gasteiger partial charge in [0, 0.05) is 18.5 Å². The molecule has 0 unspecified atom stereocenters. The molecule has 2 aromatic rings. The Labute approximate surface area is 101 Å². The van der Waals surface area contributed by atoms with Crippen LogP contribution in [0, 0.1) is 5.82 Å². The Bertz CT molecular complexity index is 515. The summed E-state index contributed by atoms with van der Waals surface area (Å²) in [7, 11) is 0. The van der Waals surface area contributed by atoms with Gasteiger partial charge in [-0.1, -0.05) is 5.16 Å². The third kappa shape index (κ3) is 2.29. The van der Waals surface area contributed by atoms with Gasteiger partial charge < -0.3 is 14.4 Å². The monoisotopic (exact) mass is 214 g/mol. The normalized spacial score (nSPS) is 9.56. The third-order valence-electron chi connectivity index (χ3n) is 1.75. The van der Waals surface area contributed by atoms with E-state index in [2.05, 4.69) is 14.7 Å². The van der Waals surface area contributed by atoms with Crippen molar-refractivity contribution in [1.29, 1.82) is 0 Å². The van der Waals surface area contributed by atoms with Gasteiger partial charge in [0.1, 0.15) is 11.5 Å². The van der Waals surface area contributed by atoms with E-state index in [1.165, 1.54) is 12.4 Å². The van der Waals surface area contributed by atoms with Crippen molar-refractivity contribution in [3.63, 3.8) is 0 Å². The molecule has 0 saturated heterocycles. The molecule has 5 nitrogen and oxygen atoms in total. The number of rotatable bonds is 2. The summed E-state index contributed by atoms with van der Waals surface area (Å²) in [4.78, 5) is 14.1. The van der Waals surface area contributed by atoms with Crippen LogP contribution < -0.4 is 24.0 Å². The Morgan fingerprint density at radius 3 is 2.81 bits per heavy atom. The van der Waals surface area contributed by atoms with Gasteiger partial charge in [-0.3, -0.25) is 4.98 Å². The first-order chi connectivity index (χ1) is 7.18. The number of hydrogen-bond acceptors (Lipinski definition) is 5. The molecule has 0 amide bonds. The van der Waals surface area contributed by atoms with Crippen molar-refractivity contribution in [2.75, 3.05) is 0 Å². The number of carboxylic acid groups (broad SMARTS) is 1. The minimum atomic E-state index is -1.48. The van der Waals surface area contributed by atoms with Crippen LogP contribution in [0.25, 0.3) is 11.3 Å². The van der Waals surface area contributed by atoms with Crippen molar-refractivity contribution in [2.45, 2.75) is 0 Å². The minimum absolute atomic E-state index is 0. The molecule has 0 aromatic carbocycles. The zero-order chi connectivity index (χ0) is 10.8. The fourth-order valence-electron chi connectivity index (χ4n) is 1.06. The zero-order valence-corrected chi connectivity index (χ0v) is 8.31. The maximum absolute atomic E-state index is 13.2. The van der Waals surface area contributed by atoms with Gasteiger partial charge in [0.25, 0.3) is 0 Å². The van der Waals surface area contributed by atoms with Crippen molar-refractivity contribution < 1.29 is 37.7 Å². The summed E-state index contributed by atoms with van der Waals surface area (Å²) in [5, 5.41) is 13.6. The second-order valence-electron chi connectivity index (χ2n) is 2.72. The van der Waals surface area contributed by atoms with Crippen LogP contribution in [0.2, 0.25) is 0 Å². The van der Waals surface area contributed by atoms with Gasteiger partial charge in [-0.15, -0.1) is 0 Å². The molecule has 0 radical (unpaired) electrons. The number of halogens is 1. The number of carboxylic acids is 1. The second-order valence-corrected chi connectivity index (χ2v) is 2.72. The molecular formula is C9H4FLiN2O3. The van der Waals surface area contributed by atoms with E-state index < -0.39 is 11.8 Å². The number of aromatic nitrogens is 2. The Hall–Kier alpha value is -1.64. The van der Waals surface area contributed by atoms with Crippen molar-refractivity contribution >= 4 is 5.97 Å². The van der Waals surface area contributed by atoms with E-state index >= 15 is 0 Å². The molecule has 2 aromatic heterocycles. The van der Waals surface area contributed by atoms with Gasteiger partial charge in [-0.25, -0.2) is 4.39 Å². The van der Waals surface area contributed by atoms with E-state index in [9.17, 15) is 14.3 Å². The topological polar surface area (TPSA) is 79.0 Å². The van der Waals surface area contributed by atoms with E-state index in [0.29, 0.717) is 0 Å². The molecule has 76 valence electrons. The van der Waals surface area contributed by atoms with Crippen LogP contribution in [0.4, 0.5) is 4.39 Å². The third-order valence-corrected chi connectivity index (χ3v) is 1.75. The Morgan fingerprint density at radius 2 is 2.25 bits per heavy atom. The Kier molecular flexibility index (Phi) is 3.82. The molecule has 2 heterocycles. The summed E-state index contributed by atoms with van der Waals surface area (Å²) in [6.45, 7) is 0. The summed E-state index contributed by atoms with van der Waals surface area (Å²) in [6.07, 6.45) is 2.49. The molecule has 0 aliphatic rings. The quantitative estimate of drug-likeness (QED) is 0.506. The van der Waals surface area contributed by atoms with Gasteiger partial charge in [0.2, 0.25) is 0 Å². The Balaban J connectivity index is 0.00000128. The fraction of sp³-hybridized carbons (Fsp3) is 0. The van der Waals surface area contributed by atoms with Gasteiger partial charge in [0.15, 0.2) is 5.76 Å². The van der Waals surface area contributed by atoms with E-state index in [-0.39, 0.29) is 35.9 Å². The minimum Gasteiger partial charge on any atom is -0.543 e. The maximum atomic E-state index is 13.2.